The Bertz CT molecular complexity index is 386. The molecular weight excluding hydrogens is 299 g/mol. The van der Waals surface area contributed by atoms with Crippen LogP contribution in [0, 0.1) is 3.57 Å². The topological polar surface area (TPSA) is 63.6 Å². The molecule has 0 fully saturated rings. The van der Waals surface area contributed by atoms with Crippen LogP contribution in [-0.4, -0.2) is 24.2 Å². The fourth-order valence-electron chi connectivity index (χ4n) is 0.965. The Kier molecular flexibility index (Phi) is 3.45. The van der Waals surface area contributed by atoms with Gasteiger partial charge in [-0.25, -0.2) is 9.59 Å². The van der Waals surface area contributed by atoms with Gasteiger partial charge >= 0.3 is 11.9 Å². The van der Waals surface area contributed by atoms with Gasteiger partial charge in [-0.1, -0.05) is 6.07 Å². The fraction of sp³-hybridized carbons (Fsp3) is 0.111. The highest BCUT2D eigenvalue weighted by Crippen LogP contribution is 2.18. The van der Waals surface area contributed by atoms with Gasteiger partial charge in [0.2, 0.25) is 0 Å². The number of benzene rings is 1. The van der Waals surface area contributed by atoms with E-state index in [0.29, 0.717) is 3.57 Å². The number of halogens is 1. The van der Waals surface area contributed by atoms with Crippen LogP contribution in [0.4, 0.5) is 0 Å². The van der Waals surface area contributed by atoms with E-state index in [9.17, 15) is 9.59 Å². The minimum absolute atomic E-state index is 0.105. The number of methoxy groups -OCH3 is 1. The van der Waals surface area contributed by atoms with Crippen LogP contribution in [0.5, 0.6) is 0 Å². The molecular formula is C9H7IO4. The molecule has 1 aromatic rings. The van der Waals surface area contributed by atoms with Gasteiger partial charge in [0.15, 0.2) is 0 Å². The van der Waals surface area contributed by atoms with Crippen LogP contribution in [0.2, 0.25) is 0 Å². The van der Waals surface area contributed by atoms with Crippen LogP contribution in [0.15, 0.2) is 18.2 Å². The molecule has 0 unspecified atom stereocenters. The average molecular weight is 306 g/mol. The van der Waals surface area contributed by atoms with Crippen molar-refractivity contribution in [1.82, 2.24) is 0 Å². The van der Waals surface area contributed by atoms with Gasteiger partial charge in [-0.15, -0.1) is 0 Å². The third-order valence-corrected chi connectivity index (χ3v) is 2.80. The molecule has 1 rings (SSSR count). The minimum Gasteiger partial charge on any atom is -0.478 e. The lowest BCUT2D eigenvalue weighted by Gasteiger charge is -2.04. The first-order valence-corrected chi connectivity index (χ1v) is 4.76. The van der Waals surface area contributed by atoms with Crippen LogP contribution in [0.3, 0.4) is 0 Å². The number of rotatable bonds is 2. The summed E-state index contributed by atoms with van der Waals surface area (Å²) < 4.78 is 4.91. The van der Waals surface area contributed by atoms with Gasteiger partial charge in [-0.2, -0.15) is 0 Å². The summed E-state index contributed by atoms with van der Waals surface area (Å²) in [5, 5.41) is 8.79. The summed E-state index contributed by atoms with van der Waals surface area (Å²) >= 11 is 1.81. The van der Waals surface area contributed by atoms with Crippen molar-refractivity contribution in [3.63, 3.8) is 0 Å². The number of carboxylic acid groups (broad SMARTS) is 1. The number of aromatic carboxylic acids is 1. The summed E-state index contributed by atoms with van der Waals surface area (Å²) in [6.45, 7) is 0. The fourth-order valence-corrected chi connectivity index (χ4v) is 1.78. The van der Waals surface area contributed by atoms with E-state index in [1.54, 1.807) is 0 Å². The van der Waals surface area contributed by atoms with Crippen LogP contribution in [-0.2, 0) is 4.74 Å². The summed E-state index contributed by atoms with van der Waals surface area (Å²) in [6.07, 6.45) is 0. The van der Waals surface area contributed by atoms with Crippen molar-refractivity contribution < 1.29 is 19.4 Å². The second-order valence-corrected chi connectivity index (χ2v) is 3.54. The Morgan fingerprint density at radius 2 is 1.93 bits per heavy atom. The number of ether oxygens (including phenoxy) is 1. The van der Waals surface area contributed by atoms with E-state index >= 15 is 0 Å². The molecule has 4 nitrogen and oxygen atoms in total. The second-order valence-electron chi connectivity index (χ2n) is 2.46. The van der Waals surface area contributed by atoms with Crippen molar-refractivity contribution in [3.8, 4) is 0 Å². The number of carboxylic acids is 1. The van der Waals surface area contributed by atoms with Crippen LogP contribution < -0.4 is 0 Å². The van der Waals surface area contributed by atoms with E-state index in [4.69, 9.17) is 5.11 Å². The Labute approximate surface area is 94.0 Å². The molecule has 0 aliphatic heterocycles. The minimum atomic E-state index is -1.06. The molecule has 14 heavy (non-hydrogen) atoms. The lowest BCUT2D eigenvalue weighted by Crippen LogP contribution is -2.08. The molecule has 0 aliphatic carbocycles. The molecule has 0 heterocycles. The Morgan fingerprint density at radius 3 is 2.43 bits per heavy atom. The summed E-state index contributed by atoms with van der Waals surface area (Å²) in [6, 6.07) is 4.48. The SMILES string of the molecule is COC(=O)c1cccc(C(=O)O)c1I. The third-order valence-electron chi connectivity index (χ3n) is 1.63. The zero-order valence-corrected chi connectivity index (χ0v) is 9.44. The molecule has 0 saturated carbocycles. The molecule has 1 aromatic carbocycles. The summed E-state index contributed by atoms with van der Waals surface area (Å²) in [5.74, 6) is -1.59. The predicted molar refractivity (Wildman–Crippen MR) is 57.5 cm³/mol. The summed E-state index contributed by atoms with van der Waals surface area (Å²) in [4.78, 5) is 21.9. The predicted octanol–water partition coefficient (Wildman–Crippen LogP) is 1.78. The first-order valence-electron chi connectivity index (χ1n) is 3.68. The highest BCUT2D eigenvalue weighted by atomic mass is 127. The maximum atomic E-state index is 11.2. The Balaban J connectivity index is 3.27. The monoisotopic (exact) mass is 306 g/mol. The molecule has 0 spiro atoms. The maximum Gasteiger partial charge on any atom is 0.338 e. The zero-order valence-electron chi connectivity index (χ0n) is 7.28. The van der Waals surface area contributed by atoms with E-state index < -0.39 is 11.9 Å². The molecule has 0 atom stereocenters. The second kappa shape index (κ2) is 4.41. The summed E-state index contributed by atoms with van der Waals surface area (Å²) in [7, 11) is 1.26. The van der Waals surface area contributed by atoms with Gasteiger partial charge in [0.1, 0.15) is 0 Å². The van der Waals surface area contributed by atoms with Crippen LogP contribution in [0.1, 0.15) is 20.7 Å². The highest BCUT2D eigenvalue weighted by Gasteiger charge is 2.16. The van der Waals surface area contributed by atoms with Crippen molar-refractivity contribution in [2.45, 2.75) is 0 Å². The number of carbonyl (C=O) groups excluding carboxylic acids is 1. The normalized spacial score (nSPS) is 9.57. The third kappa shape index (κ3) is 2.03. The number of hydrogen-bond donors (Lipinski definition) is 1. The smallest absolute Gasteiger partial charge is 0.338 e. The lowest BCUT2D eigenvalue weighted by molar-refractivity contribution is 0.0599. The van der Waals surface area contributed by atoms with E-state index in [0.717, 1.165) is 0 Å². The molecule has 74 valence electrons. The zero-order chi connectivity index (χ0) is 10.7. The van der Waals surface area contributed by atoms with Gasteiger partial charge < -0.3 is 9.84 Å². The van der Waals surface area contributed by atoms with Crippen molar-refractivity contribution in [3.05, 3.63) is 32.9 Å². The van der Waals surface area contributed by atoms with E-state index in [2.05, 4.69) is 4.74 Å². The maximum absolute atomic E-state index is 11.2. The molecule has 0 bridgehead atoms. The molecule has 1 N–H and O–H groups in total. The van der Waals surface area contributed by atoms with Gasteiger partial charge in [0, 0.05) is 3.57 Å². The Morgan fingerprint density at radius 1 is 1.36 bits per heavy atom. The van der Waals surface area contributed by atoms with Gasteiger partial charge in [-0.05, 0) is 34.7 Å². The molecule has 0 radical (unpaired) electrons. The number of carbonyl (C=O) groups is 2. The lowest BCUT2D eigenvalue weighted by atomic mass is 10.1. The van der Waals surface area contributed by atoms with Crippen LogP contribution in [0.25, 0.3) is 0 Å². The first kappa shape index (κ1) is 11.0. The number of esters is 1. The van der Waals surface area contributed by atoms with Crippen LogP contribution >= 0.6 is 22.6 Å². The molecule has 5 heteroatoms. The molecule has 0 aliphatic rings. The van der Waals surface area contributed by atoms with Gasteiger partial charge in [0.05, 0.1) is 18.2 Å². The van der Waals surface area contributed by atoms with E-state index in [-0.39, 0.29) is 11.1 Å². The van der Waals surface area contributed by atoms with Crippen molar-refractivity contribution in [2.24, 2.45) is 0 Å². The van der Waals surface area contributed by atoms with E-state index in [1.807, 2.05) is 22.6 Å². The van der Waals surface area contributed by atoms with Crippen molar-refractivity contribution in [2.75, 3.05) is 7.11 Å². The van der Waals surface area contributed by atoms with Crippen molar-refractivity contribution in [1.29, 1.82) is 0 Å². The molecule has 0 amide bonds. The van der Waals surface area contributed by atoms with Gasteiger partial charge in [-0.3, -0.25) is 0 Å². The first-order chi connectivity index (χ1) is 6.57. The quantitative estimate of drug-likeness (QED) is 0.668. The number of hydrogen-bond acceptors (Lipinski definition) is 3. The molecule has 0 aromatic heterocycles. The van der Waals surface area contributed by atoms with E-state index in [1.165, 1.54) is 25.3 Å². The highest BCUT2D eigenvalue weighted by molar-refractivity contribution is 14.1. The average Bonchev–Trinajstić information content (AvgIpc) is 2.16. The summed E-state index contributed by atoms with van der Waals surface area (Å²) in [5.41, 5.74) is 0.376. The standard InChI is InChI=1S/C9H7IO4/c1-14-9(13)6-4-2-3-5(7(6)10)8(11)12/h2-4H,1H3,(H,11,12). The Hall–Kier alpha value is -1.11. The molecule has 0 saturated heterocycles. The van der Waals surface area contributed by atoms with Crippen molar-refractivity contribution >= 4 is 34.5 Å². The largest absolute Gasteiger partial charge is 0.478 e. The van der Waals surface area contributed by atoms with Gasteiger partial charge in [0.25, 0.3) is 0 Å².